The number of nitrogens with two attached hydrogens (primary N) is 1. The summed E-state index contributed by atoms with van der Waals surface area (Å²) in [6, 6.07) is 8.41. The number of hydrogen-bond acceptors (Lipinski definition) is 8. The first-order valence-corrected chi connectivity index (χ1v) is 13.2. The quantitative estimate of drug-likeness (QED) is 0.462. The number of pyridine rings is 1. The molecule has 3 N–H and O–H groups in total. The number of nitriles is 1. The molecule has 0 unspecified atom stereocenters. The van der Waals surface area contributed by atoms with Crippen molar-refractivity contribution in [1.82, 2.24) is 14.6 Å². The molecule has 12 heteroatoms. The third-order valence-electron chi connectivity index (χ3n) is 6.59. The summed E-state index contributed by atoms with van der Waals surface area (Å²) in [5.41, 5.74) is 6.32. The summed E-state index contributed by atoms with van der Waals surface area (Å²) >= 11 is 0. The minimum Gasteiger partial charge on any atom is -0.387 e. The number of alkyl halides is 1. The fourth-order valence-corrected chi connectivity index (χ4v) is 5.39. The third-order valence-corrected chi connectivity index (χ3v) is 8.18. The molecule has 0 bridgehead atoms. The Kier molecular flexibility index (Phi) is 6.49. The molecule has 3 heterocycles. The number of primary amides is 1. The normalized spacial score (nSPS) is 18.9. The number of halogens is 1. The molecule has 1 fully saturated rings. The summed E-state index contributed by atoms with van der Waals surface area (Å²) in [6.45, 7) is 2.40. The number of sulfone groups is 1. The van der Waals surface area contributed by atoms with E-state index >= 15 is 4.39 Å². The summed E-state index contributed by atoms with van der Waals surface area (Å²) in [6.07, 6.45) is 2.67. The molecule has 1 amide bonds. The van der Waals surface area contributed by atoms with Crippen molar-refractivity contribution in [1.29, 1.82) is 5.26 Å². The zero-order chi connectivity index (χ0) is 26.4. The van der Waals surface area contributed by atoms with Gasteiger partial charge in [0.2, 0.25) is 0 Å². The van der Waals surface area contributed by atoms with Crippen LogP contribution >= 0.6 is 0 Å². The van der Waals surface area contributed by atoms with Crippen LogP contribution in [0.3, 0.4) is 0 Å². The van der Waals surface area contributed by atoms with Crippen molar-refractivity contribution in [3.8, 4) is 17.5 Å². The van der Waals surface area contributed by atoms with E-state index in [-0.39, 0.29) is 31.0 Å². The Morgan fingerprint density at radius 3 is 2.64 bits per heavy atom. The highest BCUT2D eigenvalue weighted by molar-refractivity contribution is 7.91. The number of carbonyl (C=O) groups excluding carboxylic acids is 1. The Labute approximate surface area is 208 Å². The minimum absolute atomic E-state index is 0.0464. The molecule has 0 saturated heterocycles. The van der Waals surface area contributed by atoms with E-state index in [4.69, 9.17) is 11.0 Å². The van der Waals surface area contributed by atoms with Crippen molar-refractivity contribution in [2.75, 3.05) is 17.7 Å². The van der Waals surface area contributed by atoms with Gasteiger partial charge in [-0.05, 0) is 51.0 Å². The molecule has 1 saturated carbocycles. The second kappa shape index (κ2) is 9.15. The van der Waals surface area contributed by atoms with Gasteiger partial charge in [-0.1, -0.05) is 0 Å². The van der Waals surface area contributed by atoms with Gasteiger partial charge in [-0.2, -0.15) is 10.4 Å². The van der Waals surface area contributed by atoms with E-state index in [0.717, 1.165) is 6.26 Å². The van der Waals surface area contributed by atoms with Crippen LogP contribution < -0.4 is 10.6 Å². The lowest BCUT2D eigenvalue weighted by molar-refractivity contribution is -0.000717. The van der Waals surface area contributed by atoms with Gasteiger partial charge in [-0.15, -0.1) is 0 Å². The van der Waals surface area contributed by atoms with Gasteiger partial charge in [-0.25, -0.2) is 17.3 Å². The van der Waals surface area contributed by atoms with Crippen LogP contribution in [0.15, 0.2) is 36.7 Å². The smallest absolute Gasteiger partial charge is 0.252 e. The number of rotatable bonds is 8. The molecule has 10 nitrogen and oxygen atoms in total. The highest BCUT2D eigenvalue weighted by Gasteiger charge is 2.42. The first-order chi connectivity index (χ1) is 16.8. The molecule has 0 radical (unpaired) electrons. The molecule has 1 aliphatic carbocycles. The molecule has 4 rings (SSSR count). The van der Waals surface area contributed by atoms with Crippen molar-refractivity contribution in [2.45, 2.75) is 49.8 Å². The van der Waals surface area contributed by atoms with E-state index in [1.807, 2.05) is 6.07 Å². The third kappa shape index (κ3) is 4.89. The molecule has 1 atom stereocenters. The number of anilines is 1. The highest BCUT2D eigenvalue weighted by atomic mass is 32.2. The second-order valence-electron chi connectivity index (χ2n) is 9.71. The van der Waals surface area contributed by atoms with Gasteiger partial charge in [0.1, 0.15) is 22.1 Å². The summed E-state index contributed by atoms with van der Waals surface area (Å²) in [4.78, 5) is 18.3. The van der Waals surface area contributed by atoms with E-state index in [1.54, 1.807) is 33.7 Å². The van der Waals surface area contributed by atoms with Gasteiger partial charge in [0.05, 0.1) is 57.3 Å². The fraction of sp³-hybridized carbons (Fsp3) is 0.417. The number of aliphatic hydroxyl groups is 1. The van der Waals surface area contributed by atoms with Crippen LogP contribution in [0.4, 0.5) is 10.1 Å². The Morgan fingerprint density at radius 1 is 1.36 bits per heavy atom. The van der Waals surface area contributed by atoms with Crippen LogP contribution in [-0.4, -0.2) is 69.9 Å². The number of amides is 1. The van der Waals surface area contributed by atoms with E-state index < -0.39 is 32.8 Å². The molecule has 36 heavy (non-hydrogen) atoms. The fourth-order valence-electron chi connectivity index (χ4n) is 4.25. The molecular formula is C24H27FN6O4S. The number of carbonyl (C=O) groups is 1. The Bertz CT molecular complexity index is 1470. The summed E-state index contributed by atoms with van der Waals surface area (Å²) in [5.74, 6) is -0.775. The predicted molar refractivity (Wildman–Crippen MR) is 132 cm³/mol. The van der Waals surface area contributed by atoms with Gasteiger partial charge in [0.25, 0.3) is 5.91 Å². The van der Waals surface area contributed by atoms with Gasteiger partial charge in [0.15, 0.2) is 0 Å². The Balaban J connectivity index is 1.81. The van der Waals surface area contributed by atoms with Crippen LogP contribution in [0.25, 0.3) is 16.9 Å². The van der Waals surface area contributed by atoms with Gasteiger partial charge in [0, 0.05) is 18.5 Å². The standard InChI is InChI=1S/C24H27FN6O4S/c1-24(2,33)22(25)13-30(16-7-17(8-16)36(3,34)35)21-9-19(28-12-18(21)23(27)32)20-5-4-15-6-14(10-26)11-29-31(15)20/h4-6,9,11-12,16-17,22,33H,7-8,13H2,1-3H3,(H2,27,32)/t16?,17?,22-/m1/s1. The maximum absolute atomic E-state index is 15.1. The molecule has 1 aliphatic rings. The van der Waals surface area contributed by atoms with Gasteiger partial charge < -0.3 is 15.7 Å². The average Bonchev–Trinajstić information content (AvgIpc) is 3.18. The van der Waals surface area contributed by atoms with E-state index in [0.29, 0.717) is 28.2 Å². The van der Waals surface area contributed by atoms with Crippen molar-refractivity contribution >= 4 is 26.9 Å². The molecular weight excluding hydrogens is 487 g/mol. The predicted octanol–water partition coefficient (Wildman–Crippen LogP) is 1.86. The average molecular weight is 515 g/mol. The van der Waals surface area contributed by atoms with Crippen LogP contribution in [0.2, 0.25) is 0 Å². The van der Waals surface area contributed by atoms with Gasteiger partial charge >= 0.3 is 0 Å². The summed E-state index contributed by atoms with van der Waals surface area (Å²) < 4.78 is 40.7. The van der Waals surface area contributed by atoms with E-state index in [9.17, 15) is 18.3 Å². The zero-order valence-corrected chi connectivity index (χ0v) is 20.9. The molecule has 3 aromatic rings. The van der Waals surface area contributed by atoms with Crippen LogP contribution in [0.1, 0.15) is 42.6 Å². The Hall–Kier alpha value is -3.56. The topological polar surface area (TPSA) is 155 Å². The first kappa shape index (κ1) is 25.5. The number of hydrogen-bond donors (Lipinski definition) is 2. The lowest BCUT2D eigenvalue weighted by atomic mass is 9.88. The van der Waals surface area contributed by atoms with Crippen LogP contribution in [0, 0.1) is 11.3 Å². The summed E-state index contributed by atoms with van der Waals surface area (Å²) in [7, 11) is -3.28. The number of nitrogens with zero attached hydrogens (tertiary/aromatic N) is 5. The maximum Gasteiger partial charge on any atom is 0.252 e. The SMILES string of the molecule is CC(C)(O)[C@H](F)CN(c1cc(-c2ccc3cc(C#N)cnn23)ncc1C(N)=O)C1CC(S(C)(=O)=O)C1. The maximum atomic E-state index is 15.1. The molecule has 0 aliphatic heterocycles. The number of aromatic nitrogens is 3. The molecule has 3 aromatic heterocycles. The minimum atomic E-state index is -3.28. The van der Waals surface area contributed by atoms with Crippen molar-refractivity contribution < 1.29 is 22.7 Å². The lowest BCUT2D eigenvalue weighted by Gasteiger charge is -2.45. The van der Waals surface area contributed by atoms with E-state index in [2.05, 4.69) is 10.1 Å². The largest absolute Gasteiger partial charge is 0.387 e. The van der Waals surface area contributed by atoms with E-state index in [1.165, 1.54) is 26.2 Å². The Morgan fingerprint density at radius 2 is 2.06 bits per heavy atom. The van der Waals surface area contributed by atoms with Crippen molar-refractivity contribution in [3.63, 3.8) is 0 Å². The number of fused-ring (bicyclic) bond motifs is 1. The summed E-state index contributed by atoms with van der Waals surface area (Å²) in [5, 5.41) is 23.1. The second-order valence-corrected chi connectivity index (χ2v) is 12.0. The molecule has 0 spiro atoms. The van der Waals surface area contributed by atoms with Gasteiger partial charge in [-0.3, -0.25) is 9.78 Å². The first-order valence-electron chi connectivity index (χ1n) is 11.3. The lowest BCUT2D eigenvalue weighted by Crippen LogP contribution is -2.54. The zero-order valence-electron chi connectivity index (χ0n) is 20.1. The monoisotopic (exact) mass is 514 g/mol. The molecule has 190 valence electrons. The molecule has 0 aromatic carbocycles. The highest BCUT2D eigenvalue weighted by Crippen LogP contribution is 2.37. The van der Waals surface area contributed by atoms with Crippen LogP contribution in [0.5, 0.6) is 0 Å². The van der Waals surface area contributed by atoms with Crippen molar-refractivity contribution in [3.05, 3.63) is 47.8 Å². The van der Waals surface area contributed by atoms with Crippen LogP contribution in [-0.2, 0) is 9.84 Å². The van der Waals surface area contributed by atoms with Crippen molar-refractivity contribution in [2.24, 2.45) is 5.73 Å².